The summed E-state index contributed by atoms with van der Waals surface area (Å²) >= 11 is 5.28. The van der Waals surface area contributed by atoms with Gasteiger partial charge in [-0.25, -0.2) is 5.10 Å². The molecule has 0 bridgehead atoms. The maximum atomic E-state index is 9.77. The lowest BCUT2D eigenvalue weighted by molar-refractivity contribution is 0.318. The molecule has 2 N–H and O–H groups in total. The molecule has 0 saturated carbocycles. The second-order valence-electron chi connectivity index (χ2n) is 5.44. The molecule has 0 aliphatic heterocycles. The Morgan fingerprint density at radius 3 is 2.92 bits per heavy atom. The minimum absolute atomic E-state index is 0.0966. The van der Waals surface area contributed by atoms with E-state index in [2.05, 4.69) is 15.3 Å². The number of benzene rings is 2. The third-order valence-corrected chi connectivity index (χ3v) is 3.80. The summed E-state index contributed by atoms with van der Waals surface area (Å²) < 4.78 is 7.35. The molecule has 7 heteroatoms. The van der Waals surface area contributed by atoms with Crippen molar-refractivity contribution in [1.29, 1.82) is 0 Å². The van der Waals surface area contributed by atoms with E-state index < -0.39 is 0 Å². The van der Waals surface area contributed by atoms with Crippen LogP contribution >= 0.6 is 12.2 Å². The number of aromatic nitrogens is 3. The van der Waals surface area contributed by atoms with E-state index in [0.717, 1.165) is 16.7 Å². The lowest BCUT2D eigenvalue weighted by Crippen LogP contribution is -1.96. The van der Waals surface area contributed by atoms with Crippen LogP contribution in [0.1, 0.15) is 18.1 Å². The van der Waals surface area contributed by atoms with Crippen LogP contribution in [0, 0.1) is 11.7 Å². The lowest BCUT2D eigenvalue weighted by Gasteiger charge is -2.06. The minimum atomic E-state index is 0.0966. The number of hydrogen-bond acceptors (Lipinski definition) is 5. The zero-order valence-corrected chi connectivity index (χ0v) is 14.7. The highest BCUT2D eigenvalue weighted by molar-refractivity contribution is 7.71. The van der Waals surface area contributed by atoms with Crippen LogP contribution in [0.15, 0.2) is 47.6 Å². The first-order valence-corrected chi connectivity index (χ1v) is 8.24. The third kappa shape index (κ3) is 3.77. The summed E-state index contributed by atoms with van der Waals surface area (Å²) in [5, 5.41) is 21.2. The fourth-order valence-electron chi connectivity index (χ4n) is 2.38. The fourth-order valence-corrected chi connectivity index (χ4v) is 2.56. The molecule has 0 unspecified atom stereocenters. The third-order valence-electron chi connectivity index (χ3n) is 3.53. The molecule has 2 aromatic carbocycles. The van der Waals surface area contributed by atoms with E-state index in [4.69, 9.17) is 17.0 Å². The van der Waals surface area contributed by atoms with Crippen LogP contribution in [-0.2, 0) is 0 Å². The second-order valence-corrected chi connectivity index (χ2v) is 5.83. The molecule has 0 saturated heterocycles. The summed E-state index contributed by atoms with van der Waals surface area (Å²) in [6.45, 7) is 4.35. The van der Waals surface area contributed by atoms with Crippen LogP contribution in [-0.4, -0.2) is 32.8 Å². The minimum Gasteiger partial charge on any atom is -0.504 e. The predicted octanol–water partition coefficient (Wildman–Crippen LogP) is 3.90. The van der Waals surface area contributed by atoms with Gasteiger partial charge in [0.15, 0.2) is 17.3 Å². The molecular weight excluding hydrogens is 336 g/mol. The maximum absolute atomic E-state index is 9.77. The van der Waals surface area contributed by atoms with Crippen LogP contribution in [0.25, 0.3) is 11.4 Å². The first kappa shape index (κ1) is 16.9. The van der Waals surface area contributed by atoms with Gasteiger partial charge in [-0.15, -0.1) is 0 Å². The molecule has 0 spiro atoms. The number of aromatic amines is 1. The summed E-state index contributed by atoms with van der Waals surface area (Å²) in [4.78, 5) is 0. The Balaban J connectivity index is 1.96. The standard InChI is InChI=1S/C18H18N4O2S/c1-3-24-16-10-13(7-8-15(16)23)11-19-22-17(20-21-18(22)25)14-6-4-5-12(2)9-14/h4-11,23H,3H2,1-2H3,(H,21,25). The lowest BCUT2D eigenvalue weighted by atomic mass is 10.1. The smallest absolute Gasteiger partial charge is 0.216 e. The number of nitrogens with zero attached hydrogens (tertiary/aromatic N) is 3. The largest absolute Gasteiger partial charge is 0.504 e. The summed E-state index contributed by atoms with van der Waals surface area (Å²) in [6.07, 6.45) is 1.65. The molecule has 0 amide bonds. The van der Waals surface area contributed by atoms with Gasteiger partial charge in [0, 0.05) is 5.56 Å². The average molecular weight is 354 g/mol. The zero-order chi connectivity index (χ0) is 17.8. The summed E-state index contributed by atoms with van der Waals surface area (Å²) in [6, 6.07) is 13.0. The molecule has 1 aromatic heterocycles. The van der Waals surface area contributed by atoms with Gasteiger partial charge in [-0.05, 0) is 55.9 Å². The maximum Gasteiger partial charge on any atom is 0.216 e. The Labute approximate surface area is 150 Å². The number of hydrogen-bond donors (Lipinski definition) is 2. The van der Waals surface area contributed by atoms with Gasteiger partial charge >= 0.3 is 0 Å². The number of rotatable bonds is 5. The van der Waals surface area contributed by atoms with Gasteiger partial charge in [0.25, 0.3) is 0 Å². The molecule has 0 fully saturated rings. The Bertz CT molecular complexity index is 975. The first-order chi connectivity index (χ1) is 12.1. The SMILES string of the molecule is CCOc1cc(C=Nn2c(-c3cccc(C)c3)n[nH]c2=S)ccc1O. The van der Waals surface area contributed by atoms with E-state index in [1.807, 2.05) is 38.1 Å². The van der Waals surface area contributed by atoms with E-state index in [1.165, 1.54) is 0 Å². The van der Waals surface area contributed by atoms with Crippen molar-refractivity contribution < 1.29 is 9.84 Å². The van der Waals surface area contributed by atoms with Crippen molar-refractivity contribution in [2.45, 2.75) is 13.8 Å². The van der Waals surface area contributed by atoms with Crippen molar-refractivity contribution in [2.24, 2.45) is 5.10 Å². The van der Waals surface area contributed by atoms with Crippen molar-refractivity contribution in [3.8, 4) is 22.9 Å². The molecule has 25 heavy (non-hydrogen) atoms. The highest BCUT2D eigenvalue weighted by Crippen LogP contribution is 2.26. The molecular formula is C18H18N4O2S. The van der Waals surface area contributed by atoms with Crippen LogP contribution in [0.5, 0.6) is 11.5 Å². The molecule has 1 heterocycles. The van der Waals surface area contributed by atoms with Crippen molar-refractivity contribution >= 4 is 18.4 Å². The molecule has 3 rings (SSSR count). The second kappa shape index (κ2) is 7.31. The van der Waals surface area contributed by atoms with Crippen LogP contribution in [0.2, 0.25) is 0 Å². The number of phenols is 1. The normalized spacial score (nSPS) is 11.1. The highest BCUT2D eigenvalue weighted by Gasteiger charge is 2.08. The predicted molar refractivity (Wildman–Crippen MR) is 99.9 cm³/mol. The average Bonchev–Trinajstić information content (AvgIpc) is 2.96. The molecule has 128 valence electrons. The van der Waals surface area contributed by atoms with Crippen LogP contribution in [0.4, 0.5) is 0 Å². The monoisotopic (exact) mass is 354 g/mol. The van der Waals surface area contributed by atoms with E-state index in [-0.39, 0.29) is 5.75 Å². The fraction of sp³-hybridized carbons (Fsp3) is 0.167. The van der Waals surface area contributed by atoms with E-state index in [9.17, 15) is 5.11 Å². The van der Waals surface area contributed by atoms with Gasteiger partial charge in [0.05, 0.1) is 12.8 Å². The van der Waals surface area contributed by atoms with Gasteiger partial charge < -0.3 is 9.84 Å². The summed E-state index contributed by atoms with van der Waals surface area (Å²) in [7, 11) is 0. The number of phenolic OH excluding ortho intramolecular Hbond substituents is 1. The summed E-state index contributed by atoms with van der Waals surface area (Å²) in [5.74, 6) is 1.15. The molecule has 0 radical (unpaired) electrons. The van der Waals surface area contributed by atoms with E-state index in [0.29, 0.717) is 23.0 Å². The topological polar surface area (TPSA) is 75.4 Å². The highest BCUT2D eigenvalue weighted by atomic mass is 32.1. The number of ether oxygens (including phenoxy) is 1. The van der Waals surface area contributed by atoms with Crippen molar-refractivity contribution in [2.75, 3.05) is 6.61 Å². The summed E-state index contributed by atoms with van der Waals surface area (Å²) in [5.41, 5.74) is 2.83. The van der Waals surface area contributed by atoms with Crippen molar-refractivity contribution in [3.05, 3.63) is 58.4 Å². The van der Waals surface area contributed by atoms with E-state index >= 15 is 0 Å². The Morgan fingerprint density at radius 2 is 2.16 bits per heavy atom. The van der Waals surface area contributed by atoms with E-state index in [1.54, 1.807) is 29.1 Å². The first-order valence-electron chi connectivity index (χ1n) is 7.83. The molecule has 3 aromatic rings. The number of H-pyrrole nitrogens is 1. The quantitative estimate of drug-likeness (QED) is 0.538. The number of nitrogens with one attached hydrogen (secondary N) is 1. The Morgan fingerprint density at radius 1 is 1.32 bits per heavy atom. The van der Waals surface area contributed by atoms with Gasteiger partial charge in [0.2, 0.25) is 4.77 Å². The van der Waals surface area contributed by atoms with Crippen molar-refractivity contribution in [3.63, 3.8) is 0 Å². The molecule has 0 aliphatic rings. The Kier molecular flexibility index (Phi) is 4.95. The van der Waals surface area contributed by atoms with Gasteiger partial charge in [-0.2, -0.15) is 14.9 Å². The van der Waals surface area contributed by atoms with Crippen molar-refractivity contribution in [1.82, 2.24) is 14.9 Å². The molecule has 0 aliphatic carbocycles. The Hall–Kier alpha value is -2.93. The van der Waals surface area contributed by atoms with Crippen LogP contribution in [0.3, 0.4) is 0 Å². The number of aromatic hydroxyl groups is 1. The zero-order valence-electron chi connectivity index (χ0n) is 13.9. The van der Waals surface area contributed by atoms with Crippen LogP contribution < -0.4 is 4.74 Å². The number of aryl methyl sites for hydroxylation is 1. The van der Waals surface area contributed by atoms with Gasteiger partial charge in [0.1, 0.15) is 0 Å². The molecule has 0 atom stereocenters. The van der Waals surface area contributed by atoms with Gasteiger partial charge in [-0.3, -0.25) is 0 Å². The van der Waals surface area contributed by atoms with Gasteiger partial charge in [-0.1, -0.05) is 23.8 Å². The molecule has 6 nitrogen and oxygen atoms in total.